The summed E-state index contributed by atoms with van der Waals surface area (Å²) in [4.78, 5) is 12.0. The molecule has 1 saturated carbocycles. The summed E-state index contributed by atoms with van der Waals surface area (Å²) < 4.78 is -0.909. The molecular weight excluding hydrogens is 257 g/mol. The average molecular weight is 272 g/mol. The number of carbonyl (C=O) groups excluding carboxylic acids is 1. The van der Waals surface area contributed by atoms with Gasteiger partial charge in [-0.2, -0.15) is 0 Å². The number of benzene rings is 1. The second-order valence-corrected chi connectivity index (χ2v) is 6.30. The standard InChI is InChI=1S/C13H15Cl2NO/c1-9(10-6-4-3-5-7-10)16-11(17)12(2)8-13(12,14)15/h3-7,9H,8H2,1-2H3,(H,16,17). The Balaban J connectivity index is 2.01. The molecule has 1 aromatic carbocycles. The van der Waals surface area contributed by atoms with Crippen LogP contribution < -0.4 is 5.32 Å². The highest BCUT2D eigenvalue weighted by Crippen LogP contribution is 2.63. The minimum absolute atomic E-state index is 0.0368. The van der Waals surface area contributed by atoms with E-state index in [1.807, 2.05) is 37.3 Å². The molecule has 2 rings (SSSR count). The zero-order valence-corrected chi connectivity index (χ0v) is 11.3. The smallest absolute Gasteiger partial charge is 0.229 e. The lowest BCUT2D eigenvalue weighted by molar-refractivity contribution is -0.126. The summed E-state index contributed by atoms with van der Waals surface area (Å²) in [5, 5.41) is 2.95. The maximum atomic E-state index is 12.0. The Kier molecular flexibility index (Phi) is 3.13. The summed E-state index contributed by atoms with van der Waals surface area (Å²) in [6.45, 7) is 3.74. The van der Waals surface area contributed by atoms with Gasteiger partial charge in [0.1, 0.15) is 4.33 Å². The third kappa shape index (κ3) is 2.29. The van der Waals surface area contributed by atoms with E-state index < -0.39 is 9.75 Å². The molecular formula is C13H15Cl2NO. The number of halogens is 2. The first kappa shape index (κ1) is 12.7. The van der Waals surface area contributed by atoms with Crippen LogP contribution in [0.4, 0.5) is 0 Å². The Bertz CT molecular complexity index is 432. The van der Waals surface area contributed by atoms with E-state index in [0.29, 0.717) is 6.42 Å². The van der Waals surface area contributed by atoms with Gasteiger partial charge in [0.15, 0.2) is 0 Å². The van der Waals surface area contributed by atoms with Gasteiger partial charge in [0.25, 0.3) is 0 Å². The van der Waals surface area contributed by atoms with Gasteiger partial charge in [0.05, 0.1) is 11.5 Å². The van der Waals surface area contributed by atoms with Crippen LogP contribution in [0, 0.1) is 5.41 Å². The molecule has 1 fully saturated rings. The Morgan fingerprint density at radius 2 is 1.88 bits per heavy atom. The van der Waals surface area contributed by atoms with Crippen molar-refractivity contribution in [1.82, 2.24) is 5.32 Å². The van der Waals surface area contributed by atoms with Crippen molar-refractivity contribution in [3.63, 3.8) is 0 Å². The van der Waals surface area contributed by atoms with Crippen LogP contribution in [0.5, 0.6) is 0 Å². The second kappa shape index (κ2) is 4.18. The van der Waals surface area contributed by atoms with Crippen LogP contribution in [-0.4, -0.2) is 10.2 Å². The van der Waals surface area contributed by atoms with Crippen LogP contribution in [0.3, 0.4) is 0 Å². The monoisotopic (exact) mass is 271 g/mol. The molecule has 1 aliphatic carbocycles. The van der Waals surface area contributed by atoms with E-state index in [-0.39, 0.29) is 11.9 Å². The number of carbonyl (C=O) groups is 1. The topological polar surface area (TPSA) is 29.1 Å². The van der Waals surface area contributed by atoms with E-state index in [2.05, 4.69) is 5.32 Å². The van der Waals surface area contributed by atoms with Crippen LogP contribution in [-0.2, 0) is 4.79 Å². The van der Waals surface area contributed by atoms with E-state index in [4.69, 9.17) is 23.2 Å². The van der Waals surface area contributed by atoms with E-state index in [1.165, 1.54) is 0 Å². The second-order valence-electron chi connectivity index (χ2n) is 4.82. The quantitative estimate of drug-likeness (QED) is 0.839. The zero-order chi connectivity index (χ0) is 12.7. The van der Waals surface area contributed by atoms with E-state index >= 15 is 0 Å². The van der Waals surface area contributed by atoms with Gasteiger partial charge in [0.2, 0.25) is 5.91 Å². The molecule has 0 saturated heterocycles. The van der Waals surface area contributed by atoms with Crippen molar-refractivity contribution in [2.45, 2.75) is 30.6 Å². The number of amides is 1. The van der Waals surface area contributed by atoms with Crippen molar-refractivity contribution in [1.29, 1.82) is 0 Å². The molecule has 2 atom stereocenters. The summed E-state index contributed by atoms with van der Waals surface area (Å²) in [5.74, 6) is -0.0844. The summed E-state index contributed by atoms with van der Waals surface area (Å²) in [6.07, 6.45) is 0.510. The number of alkyl halides is 2. The first-order chi connectivity index (χ1) is 7.87. The molecule has 4 heteroatoms. The molecule has 0 radical (unpaired) electrons. The predicted octanol–water partition coefficient (Wildman–Crippen LogP) is 3.45. The van der Waals surface area contributed by atoms with Crippen molar-refractivity contribution in [3.8, 4) is 0 Å². The maximum Gasteiger partial charge on any atom is 0.229 e. The minimum Gasteiger partial charge on any atom is -0.349 e. The van der Waals surface area contributed by atoms with Gasteiger partial charge in [-0.15, -0.1) is 23.2 Å². The lowest BCUT2D eigenvalue weighted by Crippen LogP contribution is -2.35. The first-order valence-electron chi connectivity index (χ1n) is 5.60. The highest BCUT2D eigenvalue weighted by atomic mass is 35.5. The summed E-state index contributed by atoms with van der Waals surface area (Å²) in [7, 11) is 0. The molecule has 2 nitrogen and oxygen atoms in total. The van der Waals surface area contributed by atoms with Gasteiger partial charge in [0, 0.05) is 0 Å². The molecule has 1 N–H and O–H groups in total. The average Bonchev–Trinajstić information content (AvgIpc) is 2.81. The molecule has 92 valence electrons. The zero-order valence-electron chi connectivity index (χ0n) is 9.84. The minimum atomic E-state index is -0.909. The Morgan fingerprint density at radius 3 is 2.35 bits per heavy atom. The lowest BCUT2D eigenvalue weighted by Gasteiger charge is -2.18. The van der Waals surface area contributed by atoms with Crippen LogP contribution in [0.2, 0.25) is 0 Å². The normalized spacial score (nSPS) is 27.3. The predicted molar refractivity (Wildman–Crippen MR) is 70.2 cm³/mol. The van der Waals surface area contributed by atoms with Crippen LogP contribution in [0.1, 0.15) is 31.9 Å². The molecule has 2 unspecified atom stereocenters. The Hall–Kier alpha value is -0.730. The largest absolute Gasteiger partial charge is 0.349 e. The van der Waals surface area contributed by atoms with Gasteiger partial charge >= 0.3 is 0 Å². The SMILES string of the molecule is CC(NC(=O)C1(C)CC1(Cl)Cl)c1ccccc1. The molecule has 1 aromatic rings. The highest BCUT2D eigenvalue weighted by molar-refractivity contribution is 6.53. The fraction of sp³-hybridized carbons (Fsp3) is 0.462. The Morgan fingerprint density at radius 1 is 1.35 bits per heavy atom. The number of rotatable bonds is 3. The Labute approximate surface area is 111 Å². The third-order valence-electron chi connectivity index (χ3n) is 3.41. The van der Waals surface area contributed by atoms with Crippen LogP contribution >= 0.6 is 23.2 Å². The highest BCUT2D eigenvalue weighted by Gasteiger charge is 2.67. The van der Waals surface area contributed by atoms with Gasteiger partial charge in [-0.3, -0.25) is 4.79 Å². The third-order valence-corrected chi connectivity index (χ3v) is 4.51. The number of hydrogen-bond acceptors (Lipinski definition) is 1. The molecule has 0 bridgehead atoms. The molecule has 0 aliphatic heterocycles. The van der Waals surface area contributed by atoms with E-state index in [9.17, 15) is 4.79 Å². The fourth-order valence-electron chi connectivity index (χ4n) is 1.83. The molecule has 1 aliphatic rings. The lowest BCUT2D eigenvalue weighted by atomic mass is 10.1. The van der Waals surface area contributed by atoms with Gasteiger partial charge in [-0.25, -0.2) is 0 Å². The fourth-order valence-corrected chi connectivity index (χ4v) is 2.53. The van der Waals surface area contributed by atoms with Crippen molar-refractivity contribution in [3.05, 3.63) is 35.9 Å². The molecule has 0 spiro atoms. The van der Waals surface area contributed by atoms with Gasteiger partial charge in [-0.1, -0.05) is 30.3 Å². The maximum absolute atomic E-state index is 12.0. The van der Waals surface area contributed by atoms with Crippen LogP contribution in [0.25, 0.3) is 0 Å². The molecule has 0 heterocycles. The number of hydrogen-bond donors (Lipinski definition) is 1. The van der Waals surface area contributed by atoms with Crippen molar-refractivity contribution in [2.75, 3.05) is 0 Å². The van der Waals surface area contributed by atoms with Crippen molar-refractivity contribution >= 4 is 29.1 Å². The summed E-state index contributed by atoms with van der Waals surface area (Å²) in [6, 6.07) is 9.77. The van der Waals surface area contributed by atoms with Crippen molar-refractivity contribution < 1.29 is 4.79 Å². The molecule has 1 amide bonds. The molecule has 17 heavy (non-hydrogen) atoms. The van der Waals surface area contributed by atoms with E-state index in [1.54, 1.807) is 6.92 Å². The van der Waals surface area contributed by atoms with Gasteiger partial charge < -0.3 is 5.32 Å². The van der Waals surface area contributed by atoms with Gasteiger partial charge in [-0.05, 0) is 25.8 Å². The van der Waals surface area contributed by atoms with Crippen LogP contribution in [0.15, 0.2) is 30.3 Å². The number of nitrogens with one attached hydrogen (secondary N) is 1. The summed E-state index contributed by atoms with van der Waals surface area (Å²) in [5.41, 5.74) is 0.416. The van der Waals surface area contributed by atoms with E-state index in [0.717, 1.165) is 5.56 Å². The first-order valence-corrected chi connectivity index (χ1v) is 6.36. The summed E-state index contributed by atoms with van der Waals surface area (Å²) >= 11 is 12.0. The molecule has 0 aromatic heterocycles. The van der Waals surface area contributed by atoms with Crippen molar-refractivity contribution in [2.24, 2.45) is 5.41 Å².